The molecule has 1 unspecified atom stereocenters. The maximum Gasteiger partial charge on any atom is 0.432 e. The molecule has 0 aliphatic rings. The minimum absolute atomic E-state index is 0.357. The second-order valence-corrected chi connectivity index (χ2v) is 4.98. The summed E-state index contributed by atoms with van der Waals surface area (Å²) in [5.74, 6) is -1.72. The second-order valence-electron chi connectivity index (χ2n) is 4.98. The average Bonchev–Trinajstić information content (AvgIpc) is 2.29. The third kappa shape index (κ3) is 2.95. The van der Waals surface area contributed by atoms with Crippen molar-refractivity contribution in [2.75, 3.05) is 7.11 Å². The number of hydrogen-bond acceptors (Lipinski definition) is 2. The first-order valence-electron chi connectivity index (χ1n) is 6.09. The molecule has 0 saturated heterocycles. The van der Waals surface area contributed by atoms with E-state index in [0.717, 1.165) is 24.8 Å². The zero-order valence-corrected chi connectivity index (χ0v) is 11.5. The zero-order valence-electron chi connectivity index (χ0n) is 11.5. The number of alkyl halides is 3. The van der Waals surface area contributed by atoms with E-state index in [2.05, 4.69) is 4.74 Å². The Labute approximate surface area is 115 Å². The molecule has 1 N–H and O–H groups in total. The number of carbonyl (C=O) groups is 1. The normalized spacial score (nSPS) is 15.2. The van der Waals surface area contributed by atoms with E-state index in [1.165, 1.54) is 12.1 Å². The summed E-state index contributed by atoms with van der Waals surface area (Å²) in [5, 5.41) is 8.98. The summed E-state index contributed by atoms with van der Waals surface area (Å²) in [6.45, 7) is 3.97. The van der Waals surface area contributed by atoms with Crippen LogP contribution in [0.15, 0.2) is 24.3 Å². The van der Waals surface area contributed by atoms with Gasteiger partial charge in [0.15, 0.2) is 0 Å². The number of halogens is 3. The molecule has 0 fully saturated rings. The van der Waals surface area contributed by atoms with Crippen LogP contribution in [0.3, 0.4) is 0 Å². The van der Waals surface area contributed by atoms with Crippen molar-refractivity contribution in [1.82, 2.24) is 0 Å². The van der Waals surface area contributed by atoms with Gasteiger partial charge in [0.1, 0.15) is 0 Å². The lowest BCUT2D eigenvalue weighted by molar-refractivity contribution is -0.273. The molecule has 1 aromatic rings. The van der Waals surface area contributed by atoms with Gasteiger partial charge in [0, 0.05) is 12.7 Å². The summed E-state index contributed by atoms with van der Waals surface area (Å²) in [6.07, 6.45) is -4.34. The molecule has 0 aliphatic heterocycles. The molecule has 0 aliphatic carbocycles. The highest BCUT2D eigenvalue weighted by atomic mass is 19.4. The van der Waals surface area contributed by atoms with E-state index in [9.17, 15) is 18.0 Å². The van der Waals surface area contributed by atoms with Gasteiger partial charge in [0.05, 0.1) is 0 Å². The number of carboxylic acid groups (broad SMARTS) is 1. The molecule has 112 valence electrons. The fourth-order valence-corrected chi connectivity index (χ4v) is 2.08. The minimum atomic E-state index is -5.05. The standard InChI is InChI=1S/C14H17F3O3/c1-9(2)8-10-4-6-11(7-5-10)13(20-3,12(18)19)14(15,16)17/h4-7,9H,8H2,1-3H3,(H,18,19). The SMILES string of the molecule is COC(C(=O)O)(c1ccc(CC(C)C)cc1)C(F)(F)F. The fraction of sp³-hybridized carbons (Fsp3) is 0.500. The molecule has 0 radical (unpaired) electrons. The lowest BCUT2D eigenvalue weighted by Gasteiger charge is -2.30. The van der Waals surface area contributed by atoms with Crippen LogP contribution >= 0.6 is 0 Å². The third-order valence-electron chi connectivity index (χ3n) is 3.01. The highest BCUT2D eigenvalue weighted by Gasteiger charge is 2.63. The lowest BCUT2D eigenvalue weighted by atomic mass is 9.91. The van der Waals surface area contributed by atoms with Gasteiger partial charge in [-0.1, -0.05) is 38.1 Å². The summed E-state index contributed by atoms with van der Waals surface area (Å²) >= 11 is 0. The van der Waals surface area contributed by atoms with Crippen LogP contribution < -0.4 is 0 Å². The molecule has 3 nitrogen and oxygen atoms in total. The minimum Gasteiger partial charge on any atom is -0.479 e. The lowest BCUT2D eigenvalue weighted by Crippen LogP contribution is -2.50. The van der Waals surface area contributed by atoms with Crippen molar-refractivity contribution in [3.63, 3.8) is 0 Å². The van der Waals surface area contributed by atoms with Crippen molar-refractivity contribution in [2.24, 2.45) is 5.92 Å². The molecule has 0 aromatic heterocycles. The number of benzene rings is 1. The number of hydrogen-bond donors (Lipinski definition) is 1. The fourth-order valence-electron chi connectivity index (χ4n) is 2.08. The van der Waals surface area contributed by atoms with Crippen molar-refractivity contribution in [2.45, 2.75) is 32.0 Å². The van der Waals surface area contributed by atoms with Gasteiger partial charge < -0.3 is 9.84 Å². The first-order chi connectivity index (χ1) is 9.15. The van der Waals surface area contributed by atoms with E-state index >= 15 is 0 Å². The summed E-state index contributed by atoms with van der Waals surface area (Å²) < 4.78 is 43.7. The molecule has 1 rings (SSSR count). The van der Waals surface area contributed by atoms with E-state index in [0.29, 0.717) is 12.3 Å². The molecule has 1 atom stereocenters. The molecule has 0 amide bonds. The average molecular weight is 290 g/mol. The van der Waals surface area contributed by atoms with Crippen LogP contribution in [-0.4, -0.2) is 24.4 Å². The Morgan fingerprint density at radius 3 is 2.05 bits per heavy atom. The van der Waals surface area contributed by atoms with Crippen LogP contribution in [0.5, 0.6) is 0 Å². The second kappa shape index (κ2) is 5.83. The quantitative estimate of drug-likeness (QED) is 0.904. The monoisotopic (exact) mass is 290 g/mol. The first kappa shape index (κ1) is 16.5. The van der Waals surface area contributed by atoms with Gasteiger partial charge in [-0.3, -0.25) is 0 Å². The van der Waals surface area contributed by atoms with E-state index in [-0.39, 0.29) is 0 Å². The maximum absolute atomic E-state index is 13.1. The van der Waals surface area contributed by atoms with Crippen molar-refractivity contribution in [1.29, 1.82) is 0 Å². The number of aliphatic carboxylic acids is 1. The van der Waals surface area contributed by atoms with Gasteiger partial charge in [-0.05, 0) is 17.9 Å². The number of ether oxygens (including phenoxy) is 1. The van der Waals surface area contributed by atoms with Crippen LogP contribution in [-0.2, 0) is 21.6 Å². The van der Waals surface area contributed by atoms with Gasteiger partial charge in [0.2, 0.25) is 0 Å². The van der Waals surface area contributed by atoms with Crippen molar-refractivity contribution < 1.29 is 27.8 Å². The molecular weight excluding hydrogens is 273 g/mol. The highest BCUT2D eigenvalue weighted by Crippen LogP contribution is 2.42. The highest BCUT2D eigenvalue weighted by molar-refractivity contribution is 5.80. The van der Waals surface area contributed by atoms with Crippen LogP contribution in [0, 0.1) is 5.92 Å². The molecular formula is C14H17F3O3. The molecule has 1 aromatic carbocycles. The van der Waals surface area contributed by atoms with E-state index in [1.807, 2.05) is 13.8 Å². The Hall–Kier alpha value is -1.56. The molecule has 6 heteroatoms. The predicted octanol–water partition coefficient (Wildman–Crippen LogP) is 3.37. The molecule has 0 spiro atoms. The largest absolute Gasteiger partial charge is 0.479 e. The smallest absolute Gasteiger partial charge is 0.432 e. The molecule has 0 heterocycles. The zero-order chi connectivity index (χ0) is 15.6. The topological polar surface area (TPSA) is 46.5 Å². The summed E-state index contributed by atoms with van der Waals surface area (Å²) in [4.78, 5) is 11.1. The Bertz CT molecular complexity index is 466. The Morgan fingerprint density at radius 2 is 1.75 bits per heavy atom. The van der Waals surface area contributed by atoms with Gasteiger partial charge in [-0.25, -0.2) is 4.79 Å². The van der Waals surface area contributed by atoms with Gasteiger partial charge in [-0.2, -0.15) is 13.2 Å². The summed E-state index contributed by atoms with van der Waals surface area (Å²) in [6, 6.07) is 5.31. The van der Waals surface area contributed by atoms with E-state index in [4.69, 9.17) is 5.11 Å². The van der Waals surface area contributed by atoms with Crippen LogP contribution in [0.2, 0.25) is 0 Å². The first-order valence-corrected chi connectivity index (χ1v) is 6.09. The van der Waals surface area contributed by atoms with Crippen LogP contribution in [0.25, 0.3) is 0 Å². The van der Waals surface area contributed by atoms with Gasteiger partial charge in [0.25, 0.3) is 5.60 Å². The third-order valence-corrected chi connectivity index (χ3v) is 3.01. The van der Waals surface area contributed by atoms with Crippen molar-refractivity contribution in [3.8, 4) is 0 Å². The van der Waals surface area contributed by atoms with Gasteiger partial charge >= 0.3 is 12.1 Å². The molecule has 20 heavy (non-hydrogen) atoms. The molecule has 0 saturated carbocycles. The summed E-state index contributed by atoms with van der Waals surface area (Å²) in [5.41, 5.74) is -2.92. The molecule has 0 bridgehead atoms. The number of methoxy groups -OCH3 is 1. The maximum atomic E-state index is 13.1. The number of carboxylic acids is 1. The Morgan fingerprint density at radius 1 is 1.25 bits per heavy atom. The van der Waals surface area contributed by atoms with Crippen LogP contribution in [0.4, 0.5) is 13.2 Å². The Kier molecular flexibility index (Phi) is 4.81. The predicted molar refractivity (Wildman–Crippen MR) is 67.4 cm³/mol. The summed E-state index contributed by atoms with van der Waals surface area (Å²) in [7, 11) is 0.740. The number of rotatable bonds is 5. The van der Waals surface area contributed by atoms with E-state index < -0.39 is 23.3 Å². The Balaban J connectivity index is 3.26. The van der Waals surface area contributed by atoms with Crippen molar-refractivity contribution >= 4 is 5.97 Å². The van der Waals surface area contributed by atoms with Crippen LogP contribution in [0.1, 0.15) is 25.0 Å². The van der Waals surface area contributed by atoms with Gasteiger partial charge in [-0.15, -0.1) is 0 Å². The van der Waals surface area contributed by atoms with Crippen molar-refractivity contribution in [3.05, 3.63) is 35.4 Å². The van der Waals surface area contributed by atoms with E-state index in [1.54, 1.807) is 0 Å².